The molecular formula is C30H50O4SSi2. The molecule has 0 spiro atoms. The molecule has 0 saturated heterocycles. The highest BCUT2D eigenvalue weighted by molar-refractivity contribution is 7.10. The first-order chi connectivity index (χ1) is 17.0. The summed E-state index contributed by atoms with van der Waals surface area (Å²) in [6.07, 6.45) is 2.78. The SMILES string of the molecule is CCC(=CCO)c1csc(COc2ccc(C(C)(C)O[SiH2]C(C)(C)C)c(C(C)(C)O[SiH2]C(C)(C)C)c2)c1. The highest BCUT2D eigenvalue weighted by atomic mass is 32.1. The molecule has 0 aliphatic rings. The van der Waals surface area contributed by atoms with E-state index >= 15 is 0 Å². The number of hydrogen-bond acceptors (Lipinski definition) is 5. The van der Waals surface area contributed by atoms with E-state index in [1.807, 2.05) is 6.08 Å². The van der Waals surface area contributed by atoms with E-state index in [0.717, 1.165) is 22.6 Å². The lowest BCUT2D eigenvalue weighted by atomic mass is 9.85. The van der Waals surface area contributed by atoms with Gasteiger partial charge in [0.05, 0.1) is 17.8 Å². The van der Waals surface area contributed by atoms with Crippen LogP contribution in [-0.4, -0.2) is 31.2 Å². The number of aliphatic hydroxyl groups excluding tert-OH is 1. The van der Waals surface area contributed by atoms with Crippen LogP contribution in [0.1, 0.15) is 104 Å². The minimum absolute atomic E-state index is 0.0637. The Hall–Kier alpha value is -1.23. The van der Waals surface area contributed by atoms with Gasteiger partial charge < -0.3 is 18.7 Å². The lowest BCUT2D eigenvalue weighted by Crippen LogP contribution is -2.34. The first-order valence-corrected chi connectivity index (χ1v) is 16.9. The van der Waals surface area contributed by atoms with Crippen molar-refractivity contribution in [2.45, 2.75) is 110 Å². The highest BCUT2D eigenvalue weighted by Crippen LogP contribution is 2.40. The van der Waals surface area contributed by atoms with Gasteiger partial charge in [0.2, 0.25) is 0 Å². The zero-order valence-corrected chi connectivity index (χ0v) is 28.7. The second-order valence-corrected chi connectivity index (χ2v) is 19.7. The Morgan fingerprint density at radius 3 is 1.95 bits per heavy atom. The average molecular weight is 563 g/mol. The molecule has 0 amide bonds. The van der Waals surface area contributed by atoms with Crippen LogP contribution in [-0.2, 0) is 26.7 Å². The number of ether oxygens (including phenoxy) is 1. The van der Waals surface area contributed by atoms with Crippen LogP contribution in [0.2, 0.25) is 10.1 Å². The van der Waals surface area contributed by atoms with Gasteiger partial charge in [-0.2, -0.15) is 0 Å². The molecule has 4 nitrogen and oxygen atoms in total. The Kier molecular flexibility index (Phi) is 11.0. The lowest BCUT2D eigenvalue weighted by molar-refractivity contribution is 0.0826. The molecule has 0 fully saturated rings. The van der Waals surface area contributed by atoms with Crippen LogP contribution in [0.3, 0.4) is 0 Å². The molecule has 0 aliphatic carbocycles. The third-order valence-corrected chi connectivity index (χ3v) is 10.5. The molecule has 0 unspecified atom stereocenters. The monoisotopic (exact) mass is 562 g/mol. The number of rotatable bonds is 12. The summed E-state index contributed by atoms with van der Waals surface area (Å²) < 4.78 is 19.6. The first kappa shape index (κ1) is 32.0. The van der Waals surface area contributed by atoms with Gasteiger partial charge in [-0.1, -0.05) is 60.6 Å². The molecule has 0 atom stereocenters. The van der Waals surface area contributed by atoms with E-state index in [1.54, 1.807) is 11.3 Å². The van der Waals surface area contributed by atoms with Gasteiger partial charge in [0, 0.05) is 4.88 Å². The van der Waals surface area contributed by atoms with E-state index in [2.05, 4.69) is 106 Å². The predicted octanol–water partition coefficient (Wildman–Crippen LogP) is 7.22. The molecule has 37 heavy (non-hydrogen) atoms. The second kappa shape index (κ2) is 12.8. The number of benzene rings is 1. The van der Waals surface area contributed by atoms with Crippen molar-refractivity contribution in [3.63, 3.8) is 0 Å². The van der Waals surface area contributed by atoms with Crippen molar-refractivity contribution < 1.29 is 18.7 Å². The van der Waals surface area contributed by atoms with Gasteiger partial charge in [-0.25, -0.2) is 0 Å². The third-order valence-electron chi connectivity index (χ3n) is 6.14. The topological polar surface area (TPSA) is 47.9 Å². The molecule has 1 aromatic carbocycles. The molecular weight excluding hydrogens is 513 g/mol. The molecule has 0 aliphatic heterocycles. The summed E-state index contributed by atoms with van der Waals surface area (Å²) in [6.45, 7) is 24.9. The van der Waals surface area contributed by atoms with Crippen molar-refractivity contribution in [3.8, 4) is 5.75 Å². The van der Waals surface area contributed by atoms with Crippen LogP contribution in [0, 0.1) is 0 Å². The molecule has 2 aromatic rings. The normalized spacial score (nSPS) is 14.4. The van der Waals surface area contributed by atoms with Crippen molar-refractivity contribution in [2.24, 2.45) is 0 Å². The lowest BCUT2D eigenvalue weighted by Gasteiger charge is -2.37. The Morgan fingerprint density at radius 2 is 1.43 bits per heavy atom. The van der Waals surface area contributed by atoms with Crippen molar-refractivity contribution in [1.29, 1.82) is 0 Å². The van der Waals surface area contributed by atoms with E-state index in [4.69, 9.17) is 13.6 Å². The smallest absolute Gasteiger partial charge is 0.168 e. The summed E-state index contributed by atoms with van der Waals surface area (Å²) in [7, 11) is -1.50. The molecule has 0 radical (unpaired) electrons. The summed E-state index contributed by atoms with van der Waals surface area (Å²) in [4.78, 5) is 1.16. The van der Waals surface area contributed by atoms with Crippen LogP contribution in [0.5, 0.6) is 5.75 Å². The minimum atomic E-state index is -0.764. The highest BCUT2D eigenvalue weighted by Gasteiger charge is 2.34. The molecule has 1 aromatic heterocycles. The zero-order chi connectivity index (χ0) is 28.1. The van der Waals surface area contributed by atoms with Crippen LogP contribution in [0.15, 0.2) is 35.7 Å². The molecule has 0 saturated carbocycles. The van der Waals surface area contributed by atoms with Crippen LogP contribution in [0.4, 0.5) is 0 Å². The molecule has 0 bridgehead atoms. The third kappa shape index (κ3) is 10.1. The zero-order valence-electron chi connectivity index (χ0n) is 25.1. The van der Waals surface area contributed by atoms with E-state index < -0.39 is 30.7 Å². The van der Waals surface area contributed by atoms with Gasteiger partial charge in [-0.3, -0.25) is 0 Å². The Bertz CT molecular complexity index is 1040. The van der Waals surface area contributed by atoms with E-state index in [9.17, 15) is 5.11 Å². The maximum absolute atomic E-state index is 9.30. The van der Waals surface area contributed by atoms with Crippen molar-refractivity contribution in [2.75, 3.05) is 6.61 Å². The number of hydrogen-bond donors (Lipinski definition) is 1. The summed E-state index contributed by atoms with van der Waals surface area (Å²) in [5.74, 6) is 0.841. The van der Waals surface area contributed by atoms with Gasteiger partial charge in [-0.15, -0.1) is 11.3 Å². The molecule has 1 heterocycles. The predicted molar refractivity (Wildman–Crippen MR) is 165 cm³/mol. The van der Waals surface area contributed by atoms with E-state index in [-0.39, 0.29) is 16.7 Å². The van der Waals surface area contributed by atoms with Crippen molar-refractivity contribution in [1.82, 2.24) is 0 Å². The second-order valence-electron chi connectivity index (χ2n) is 13.3. The van der Waals surface area contributed by atoms with Gasteiger partial charge in [-0.05, 0) is 90.0 Å². The largest absolute Gasteiger partial charge is 0.488 e. The molecule has 7 heteroatoms. The Labute approximate surface area is 234 Å². The number of thiophene rings is 1. The Balaban J connectivity index is 2.36. The first-order valence-electron chi connectivity index (χ1n) is 13.4. The maximum Gasteiger partial charge on any atom is 0.168 e. The van der Waals surface area contributed by atoms with Crippen LogP contribution in [0.25, 0.3) is 5.57 Å². The fourth-order valence-electron chi connectivity index (χ4n) is 3.94. The molecule has 208 valence electrons. The minimum Gasteiger partial charge on any atom is -0.488 e. The fraction of sp³-hybridized carbons (Fsp3) is 0.600. The summed E-state index contributed by atoms with van der Waals surface area (Å²) >= 11 is 1.69. The summed E-state index contributed by atoms with van der Waals surface area (Å²) in [5.41, 5.74) is 3.79. The van der Waals surface area contributed by atoms with E-state index in [1.165, 1.54) is 16.7 Å². The maximum atomic E-state index is 9.30. The quantitative estimate of drug-likeness (QED) is 0.277. The fourth-order valence-corrected chi connectivity index (χ4v) is 6.66. The summed E-state index contributed by atoms with van der Waals surface area (Å²) in [5, 5.41) is 11.9. The van der Waals surface area contributed by atoms with Crippen molar-refractivity contribution >= 4 is 36.4 Å². The van der Waals surface area contributed by atoms with Crippen molar-refractivity contribution in [3.05, 3.63) is 57.3 Å². The van der Waals surface area contributed by atoms with Crippen LogP contribution < -0.4 is 4.74 Å². The van der Waals surface area contributed by atoms with Crippen LogP contribution >= 0.6 is 11.3 Å². The van der Waals surface area contributed by atoms with Gasteiger partial charge >= 0.3 is 0 Å². The summed E-state index contributed by atoms with van der Waals surface area (Å²) in [6, 6.07) is 8.57. The van der Waals surface area contributed by atoms with E-state index in [0.29, 0.717) is 6.61 Å². The standard InChI is InChI=1S/C30H50O4SSi2/c1-12-21(15-16-31)22-17-24(35-20-22)19-32-23-13-14-25(29(8,9)33-36-27(2,3)4)26(18-23)30(10,11)34-37-28(5,6)7/h13-15,17-18,20,31H,12,16,19,36-37H2,1-11H3. The number of aliphatic hydroxyl groups is 1. The van der Waals surface area contributed by atoms with Gasteiger partial charge in [0.25, 0.3) is 0 Å². The van der Waals surface area contributed by atoms with Gasteiger partial charge in [0.1, 0.15) is 12.4 Å². The average Bonchev–Trinajstić information content (AvgIpc) is 3.26. The number of allylic oxidation sites excluding steroid dienone is 1. The Morgan fingerprint density at radius 1 is 0.865 bits per heavy atom. The van der Waals surface area contributed by atoms with Gasteiger partial charge in [0.15, 0.2) is 19.5 Å². The molecule has 2 rings (SSSR count). The molecule has 1 N–H and O–H groups in total.